The Morgan fingerprint density at radius 1 is 1.30 bits per heavy atom. The van der Waals surface area contributed by atoms with E-state index in [1.54, 1.807) is 42.5 Å². The van der Waals surface area contributed by atoms with Crippen LogP contribution in [0.1, 0.15) is 15.9 Å². The van der Waals surface area contributed by atoms with E-state index in [-0.39, 0.29) is 24.9 Å². The molecular weight excluding hydrogens is 348 g/mol. The normalized spacial score (nSPS) is 12.5. The quantitative estimate of drug-likeness (QED) is 0.625. The third-order valence-corrected chi connectivity index (χ3v) is 3.80. The summed E-state index contributed by atoms with van der Waals surface area (Å²) in [5.41, 5.74) is 1.64. The molecule has 2 aromatic carbocycles. The molecule has 0 radical (unpaired) electrons. The molecule has 1 aliphatic rings. The van der Waals surface area contributed by atoms with Gasteiger partial charge in [-0.2, -0.15) is 5.26 Å². The molecule has 0 fully saturated rings. The number of carbonyl (C=O) groups is 2. The van der Waals surface area contributed by atoms with Crippen LogP contribution in [-0.4, -0.2) is 32.0 Å². The summed E-state index contributed by atoms with van der Waals surface area (Å²) in [6.45, 7) is -0.112. The van der Waals surface area contributed by atoms with Crippen molar-refractivity contribution in [2.45, 2.75) is 0 Å². The predicted octanol–water partition coefficient (Wildman–Crippen LogP) is 2.82. The molecular formula is C20H16N2O5. The molecule has 3 rings (SSSR count). The smallest absolute Gasteiger partial charge is 0.262 e. The number of fused-ring (bicyclic) bond motifs is 1. The van der Waals surface area contributed by atoms with Crippen LogP contribution in [0.5, 0.6) is 17.2 Å². The van der Waals surface area contributed by atoms with E-state index >= 15 is 0 Å². The summed E-state index contributed by atoms with van der Waals surface area (Å²) in [5, 5.41) is 11.3. The fourth-order valence-corrected chi connectivity index (χ4v) is 2.52. The number of anilines is 1. The van der Waals surface area contributed by atoms with Gasteiger partial charge in [-0.1, -0.05) is 12.1 Å². The second-order valence-corrected chi connectivity index (χ2v) is 5.60. The Hall–Kier alpha value is -3.79. The number of hydrogen-bond donors (Lipinski definition) is 1. The fraction of sp³-hybridized carbons (Fsp3) is 0.150. The zero-order valence-corrected chi connectivity index (χ0v) is 14.5. The van der Waals surface area contributed by atoms with Crippen LogP contribution >= 0.6 is 0 Å². The maximum absolute atomic E-state index is 12.4. The SMILES string of the molecule is COc1cc(/C=C/C(=O)c2ccc3c(c2)NC(=O)CO3)ccc1OCC#N. The fourth-order valence-electron chi connectivity index (χ4n) is 2.52. The topological polar surface area (TPSA) is 97.7 Å². The Bertz CT molecular complexity index is 959. The van der Waals surface area contributed by atoms with Crippen LogP contribution in [0.15, 0.2) is 42.5 Å². The van der Waals surface area contributed by atoms with Gasteiger partial charge >= 0.3 is 0 Å². The highest BCUT2D eigenvalue weighted by Gasteiger charge is 2.17. The molecule has 0 saturated heterocycles. The molecule has 0 aliphatic carbocycles. The molecule has 1 N–H and O–H groups in total. The van der Waals surface area contributed by atoms with Gasteiger partial charge in [0, 0.05) is 5.56 Å². The van der Waals surface area contributed by atoms with E-state index in [9.17, 15) is 9.59 Å². The second kappa shape index (κ2) is 8.06. The lowest BCUT2D eigenvalue weighted by Crippen LogP contribution is -2.25. The van der Waals surface area contributed by atoms with Crippen LogP contribution in [0.2, 0.25) is 0 Å². The summed E-state index contributed by atoms with van der Waals surface area (Å²) in [5.74, 6) is 0.976. The van der Waals surface area contributed by atoms with Crippen molar-refractivity contribution in [3.63, 3.8) is 0 Å². The average molecular weight is 364 g/mol. The summed E-state index contributed by atoms with van der Waals surface area (Å²) >= 11 is 0. The van der Waals surface area contributed by atoms with Crippen LogP contribution in [0.3, 0.4) is 0 Å². The Labute approximate surface area is 155 Å². The lowest BCUT2D eigenvalue weighted by molar-refractivity contribution is -0.118. The molecule has 0 bridgehead atoms. The van der Waals surface area contributed by atoms with Gasteiger partial charge < -0.3 is 19.5 Å². The number of allylic oxidation sites excluding steroid dienone is 1. The minimum absolute atomic E-state index is 0.0316. The zero-order valence-electron chi connectivity index (χ0n) is 14.5. The van der Waals surface area contributed by atoms with Crippen molar-refractivity contribution in [3.05, 3.63) is 53.6 Å². The Morgan fingerprint density at radius 3 is 2.93 bits per heavy atom. The largest absolute Gasteiger partial charge is 0.493 e. The lowest BCUT2D eigenvalue weighted by atomic mass is 10.1. The van der Waals surface area contributed by atoms with E-state index in [1.165, 1.54) is 13.2 Å². The van der Waals surface area contributed by atoms with E-state index in [2.05, 4.69) is 5.32 Å². The Morgan fingerprint density at radius 2 is 2.15 bits per heavy atom. The van der Waals surface area contributed by atoms with Crippen LogP contribution in [0, 0.1) is 11.3 Å². The summed E-state index contributed by atoms with van der Waals surface area (Å²) < 4.78 is 15.8. The van der Waals surface area contributed by atoms with E-state index in [0.29, 0.717) is 28.5 Å². The van der Waals surface area contributed by atoms with Crippen LogP contribution in [0.4, 0.5) is 5.69 Å². The lowest BCUT2D eigenvalue weighted by Gasteiger charge is -2.17. The minimum atomic E-state index is -0.256. The van der Waals surface area contributed by atoms with Crippen molar-refractivity contribution in [1.29, 1.82) is 5.26 Å². The molecule has 0 aromatic heterocycles. The first kappa shape index (κ1) is 18.0. The van der Waals surface area contributed by atoms with Gasteiger partial charge in [-0.3, -0.25) is 9.59 Å². The van der Waals surface area contributed by atoms with Crippen molar-refractivity contribution < 1.29 is 23.8 Å². The standard InChI is InChI=1S/C20H16N2O5/c1-25-19-10-13(3-6-18(19)26-9-8-21)2-5-16(23)14-4-7-17-15(11-14)22-20(24)12-27-17/h2-7,10-11H,9,12H2,1H3,(H,22,24)/b5-2+. The number of ether oxygens (including phenoxy) is 3. The first-order chi connectivity index (χ1) is 13.1. The van der Waals surface area contributed by atoms with Crippen molar-refractivity contribution in [2.75, 3.05) is 25.6 Å². The molecule has 7 nitrogen and oxygen atoms in total. The molecule has 0 saturated carbocycles. The highest BCUT2D eigenvalue weighted by atomic mass is 16.5. The Kier molecular flexibility index (Phi) is 5.38. The van der Waals surface area contributed by atoms with Crippen LogP contribution in [0.25, 0.3) is 6.08 Å². The van der Waals surface area contributed by atoms with Gasteiger partial charge in [-0.15, -0.1) is 0 Å². The van der Waals surface area contributed by atoms with E-state index in [1.807, 2.05) is 6.07 Å². The number of nitriles is 1. The van der Waals surface area contributed by atoms with E-state index in [0.717, 1.165) is 5.56 Å². The maximum Gasteiger partial charge on any atom is 0.262 e. The van der Waals surface area contributed by atoms with Gasteiger partial charge in [0.15, 0.2) is 30.5 Å². The molecule has 1 heterocycles. The number of benzene rings is 2. The number of hydrogen-bond acceptors (Lipinski definition) is 6. The van der Waals surface area contributed by atoms with Crippen molar-refractivity contribution in [3.8, 4) is 23.3 Å². The van der Waals surface area contributed by atoms with Gasteiger partial charge in [-0.05, 0) is 42.0 Å². The van der Waals surface area contributed by atoms with Gasteiger partial charge in [0.05, 0.1) is 12.8 Å². The molecule has 27 heavy (non-hydrogen) atoms. The maximum atomic E-state index is 12.4. The monoisotopic (exact) mass is 364 g/mol. The average Bonchev–Trinajstić information content (AvgIpc) is 2.70. The summed E-state index contributed by atoms with van der Waals surface area (Å²) in [4.78, 5) is 23.8. The van der Waals surface area contributed by atoms with E-state index in [4.69, 9.17) is 19.5 Å². The number of nitrogens with one attached hydrogen (secondary N) is 1. The van der Waals surface area contributed by atoms with Crippen molar-refractivity contribution >= 4 is 23.5 Å². The third kappa shape index (κ3) is 4.25. The number of amides is 1. The third-order valence-electron chi connectivity index (χ3n) is 3.80. The highest BCUT2D eigenvalue weighted by molar-refractivity contribution is 6.08. The predicted molar refractivity (Wildman–Crippen MR) is 98.0 cm³/mol. The van der Waals surface area contributed by atoms with E-state index < -0.39 is 0 Å². The van der Waals surface area contributed by atoms with Gasteiger partial charge in [-0.25, -0.2) is 0 Å². The minimum Gasteiger partial charge on any atom is -0.493 e. The number of ketones is 1. The zero-order chi connectivity index (χ0) is 19.2. The number of methoxy groups -OCH3 is 1. The number of nitrogens with zero attached hydrogens (tertiary/aromatic N) is 1. The van der Waals surface area contributed by atoms with Gasteiger partial charge in [0.2, 0.25) is 0 Å². The van der Waals surface area contributed by atoms with Gasteiger partial charge in [0.1, 0.15) is 11.8 Å². The number of rotatable bonds is 6. The molecule has 7 heteroatoms. The molecule has 0 atom stereocenters. The highest BCUT2D eigenvalue weighted by Crippen LogP contribution is 2.30. The second-order valence-electron chi connectivity index (χ2n) is 5.60. The summed E-state index contributed by atoms with van der Waals surface area (Å²) in [6, 6.07) is 11.9. The van der Waals surface area contributed by atoms with Crippen molar-refractivity contribution in [1.82, 2.24) is 0 Å². The molecule has 136 valence electrons. The van der Waals surface area contributed by atoms with Gasteiger partial charge in [0.25, 0.3) is 5.91 Å². The molecule has 1 aliphatic heterocycles. The molecule has 0 spiro atoms. The molecule has 2 aromatic rings. The number of carbonyl (C=O) groups excluding carboxylic acids is 2. The van der Waals surface area contributed by atoms with Crippen LogP contribution in [-0.2, 0) is 4.79 Å². The Balaban J connectivity index is 1.76. The first-order valence-electron chi connectivity index (χ1n) is 8.07. The molecule has 1 amide bonds. The first-order valence-corrected chi connectivity index (χ1v) is 8.07. The summed E-state index contributed by atoms with van der Waals surface area (Å²) in [6.07, 6.45) is 3.07. The van der Waals surface area contributed by atoms with Crippen LogP contribution < -0.4 is 19.5 Å². The molecule has 0 unspecified atom stereocenters. The summed E-state index contributed by atoms with van der Waals surface area (Å²) in [7, 11) is 1.50. The van der Waals surface area contributed by atoms with Crippen molar-refractivity contribution in [2.24, 2.45) is 0 Å².